The molecular formula is C29H40BrN2O2P. The van der Waals surface area contributed by atoms with Crippen LogP contribution in [0.2, 0.25) is 0 Å². The van der Waals surface area contributed by atoms with Crippen molar-refractivity contribution in [2.75, 3.05) is 6.16 Å². The Bertz CT molecular complexity index is 1110. The van der Waals surface area contributed by atoms with E-state index in [-0.39, 0.29) is 12.5 Å². The van der Waals surface area contributed by atoms with Crippen LogP contribution in [-0.2, 0) is 4.79 Å². The summed E-state index contributed by atoms with van der Waals surface area (Å²) in [5.41, 5.74) is 5.04. The Labute approximate surface area is 218 Å². The van der Waals surface area contributed by atoms with Gasteiger partial charge >= 0.3 is 219 Å². The van der Waals surface area contributed by atoms with Gasteiger partial charge in [0.2, 0.25) is 0 Å². The molecule has 4 nitrogen and oxygen atoms in total. The Balaban J connectivity index is 2.24. The van der Waals surface area contributed by atoms with E-state index in [1.165, 1.54) is 38.2 Å². The van der Waals surface area contributed by atoms with E-state index in [4.69, 9.17) is 10.2 Å². The summed E-state index contributed by atoms with van der Waals surface area (Å²) < 4.78 is 2.07. The van der Waals surface area contributed by atoms with Crippen molar-refractivity contribution >= 4 is 42.7 Å². The standard InChI is InChI=1S/C29H40BrN2O2P/c1-21(2)32-20-28(19-31-32)35(30,12-10-8-7-9-11-29(33)34,26-15-22(3)13-23(4)16-26)27-17-24(5)14-25(6)18-27/h13-21H,7-12H2,1-6H3,(H,33,34). The summed E-state index contributed by atoms with van der Waals surface area (Å²) in [5.74, 6) is -0.711. The van der Waals surface area contributed by atoms with Gasteiger partial charge < -0.3 is 0 Å². The second-order valence-electron chi connectivity index (χ2n) is 10.4. The fourth-order valence-corrected chi connectivity index (χ4v) is 12.7. The molecule has 2 aromatic carbocycles. The number of carboxylic acid groups (broad SMARTS) is 1. The van der Waals surface area contributed by atoms with E-state index in [0.29, 0.717) is 0 Å². The van der Waals surface area contributed by atoms with Crippen LogP contribution in [0.15, 0.2) is 48.8 Å². The average molecular weight is 560 g/mol. The zero-order valence-electron chi connectivity index (χ0n) is 22.0. The first-order valence-electron chi connectivity index (χ1n) is 12.6. The molecule has 0 bridgehead atoms. The normalized spacial score (nSPS) is 13.1. The van der Waals surface area contributed by atoms with E-state index in [1.807, 2.05) is 0 Å². The minimum atomic E-state index is -3.07. The number of aromatic nitrogens is 2. The number of unbranched alkanes of at least 4 members (excludes halogenated alkanes) is 3. The van der Waals surface area contributed by atoms with Gasteiger partial charge in [-0.3, -0.25) is 0 Å². The Morgan fingerprint density at radius 2 is 1.34 bits per heavy atom. The van der Waals surface area contributed by atoms with Crippen molar-refractivity contribution in [3.05, 3.63) is 71.0 Å². The third-order valence-corrected chi connectivity index (χ3v) is 16.7. The Morgan fingerprint density at radius 1 is 0.857 bits per heavy atom. The molecule has 0 saturated heterocycles. The zero-order chi connectivity index (χ0) is 25.8. The van der Waals surface area contributed by atoms with E-state index < -0.39 is 11.3 Å². The maximum atomic E-state index is 11.0. The second kappa shape index (κ2) is 11.0. The van der Waals surface area contributed by atoms with Crippen LogP contribution < -0.4 is 15.9 Å². The van der Waals surface area contributed by atoms with Gasteiger partial charge in [0.15, 0.2) is 0 Å². The first-order valence-corrected chi connectivity index (χ1v) is 17.0. The minimum absolute atomic E-state index is 0.243. The van der Waals surface area contributed by atoms with E-state index in [1.54, 1.807) is 0 Å². The number of hydrogen-bond acceptors (Lipinski definition) is 2. The Kier molecular flexibility index (Phi) is 8.65. The van der Waals surface area contributed by atoms with Crippen LogP contribution in [0.25, 0.3) is 0 Å². The molecule has 0 aliphatic heterocycles. The molecule has 190 valence electrons. The summed E-state index contributed by atoms with van der Waals surface area (Å²) in [6, 6.07) is 14.2. The summed E-state index contributed by atoms with van der Waals surface area (Å²) in [4.78, 5) is 11.0. The number of carbonyl (C=O) groups is 1. The van der Waals surface area contributed by atoms with Crippen molar-refractivity contribution in [3.8, 4) is 0 Å². The van der Waals surface area contributed by atoms with Crippen molar-refractivity contribution < 1.29 is 9.90 Å². The average Bonchev–Trinajstić information content (AvgIpc) is 3.26. The number of carboxylic acids is 1. The van der Waals surface area contributed by atoms with Crippen molar-refractivity contribution in [2.24, 2.45) is 0 Å². The van der Waals surface area contributed by atoms with Gasteiger partial charge in [-0.15, -0.1) is 0 Å². The van der Waals surface area contributed by atoms with Crippen molar-refractivity contribution in [2.45, 2.75) is 79.7 Å². The summed E-state index contributed by atoms with van der Waals surface area (Å²) in [6.07, 6.45) is 9.20. The summed E-state index contributed by atoms with van der Waals surface area (Å²) in [7, 11) is 0. The molecule has 0 unspecified atom stereocenters. The fraction of sp³-hybridized carbons (Fsp3) is 0.448. The van der Waals surface area contributed by atoms with Crippen LogP contribution in [0.3, 0.4) is 0 Å². The maximum absolute atomic E-state index is 11.0. The van der Waals surface area contributed by atoms with Gasteiger partial charge in [-0.2, -0.15) is 0 Å². The fourth-order valence-electron chi connectivity index (χ4n) is 5.16. The van der Waals surface area contributed by atoms with Gasteiger partial charge in [0.05, 0.1) is 0 Å². The molecule has 0 saturated carbocycles. The molecule has 6 heteroatoms. The van der Waals surface area contributed by atoms with Crippen molar-refractivity contribution in [1.82, 2.24) is 9.78 Å². The number of rotatable bonds is 11. The zero-order valence-corrected chi connectivity index (χ0v) is 24.5. The molecule has 1 N–H and O–H groups in total. The molecule has 0 aliphatic rings. The molecule has 1 heterocycles. The van der Waals surface area contributed by atoms with Gasteiger partial charge in [-0.1, -0.05) is 0 Å². The Morgan fingerprint density at radius 3 is 1.77 bits per heavy atom. The van der Waals surface area contributed by atoms with Crippen molar-refractivity contribution in [3.63, 3.8) is 0 Å². The number of halogens is 1. The van der Waals surface area contributed by atoms with Gasteiger partial charge in [-0.05, 0) is 0 Å². The molecule has 0 fully saturated rings. The second-order valence-corrected chi connectivity index (χ2v) is 19.5. The number of hydrogen-bond donors (Lipinski definition) is 1. The van der Waals surface area contributed by atoms with Crippen LogP contribution >= 0.6 is 20.8 Å². The predicted octanol–water partition coefficient (Wildman–Crippen LogP) is 6.87. The molecule has 1 aromatic heterocycles. The third-order valence-electron chi connectivity index (χ3n) is 6.86. The van der Waals surface area contributed by atoms with Crippen LogP contribution in [0.4, 0.5) is 0 Å². The van der Waals surface area contributed by atoms with Gasteiger partial charge in [0.25, 0.3) is 0 Å². The quantitative estimate of drug-likeness (QED) is 0.206. The molecule has 35 heavy (non-hydrogen) atoms. The van der Waals surface area contributed by atoms with E-state index in [2.05, 4.69) is 111 Å². The number of nitrogens with zero attached hydrogens (tertiary/aromatic N) is 2. The topological polar surface area (TPSA) is 55.1 Å². The molecule has 3 rings (SSSR count). The SMILES string of the molecule is Cc1cc(C)cc(P(Br)(CCCCCCC(=O)O)(c2cc(C)cc(C)c2)c2cnn(C(C)C)c2)c1. The monoisotopic (exact) mass is 558 g/mol. The molecule has 3 aromatic rings. The van der Waals surface area contributed by atoms with Crippen LogP contribution in [0.5, 0.6) is 0 Å². The molecule has 0 atom stereocenters. The molecule has 0 amide bonds. The number of benzene rings is 2. The van der Waals surface area contributed by atoms with E-state index >= 15 is 0 Å². The molecular weight excluding hydrogens is 519 g/mol. The Hall–Kier alpha value is -1.97. The summed E-state index contributed by atoms with van der Waals surface area (Å²) in [6.45, 7) is 13.0. The van der Waals surface area contributed by atoms with Crippen LogP contribution in [-0.4, -0.2) is 27.0 Å². The summed E-state index contributed by atoms with van der Waals surface area (Å²) in [5, 5.41) is 14.7. The summed E-state index contributed by atoms with van der Waals surface area (Å²) >= 11 is 4.59. The third kappa shape index (κ3) is 5.89. The number of aryl methyl sites for hydroxylation is 4. The first kappa shape index (κ1) is 27.6. The first-order chi connectivity index (χ1) is 16.4. The van der Waals surface area contributed by atoms with Crippen LogP contribution in [0.1, 0.15) is 74.2 Å². The molecule has 0 aliphatic carbocycles. The van der Waals surface area contributed by atoms with Gasteiger partial charge in [-0.25, -0.2) is 0 Å². The van der Waals surface area contributed by atoms with Gasteiger partial charge in [0, 0.05) is 0 Å². The van der Waals surface area contributed by atoms with Gasteiger partial charge in [0.1, 0.15) is 0 Å². The van der Waals surface area contributed by atoms with E-state index in [9.17, 15) is 4.79 Å². The van der Waals surface area contributed by atoms with E-state index in [0.717, 1.165) is 31.8 Å². The molecule has 0 radical (unpaired) electrons. The van der Waals surface area contributed by atoms with Crippen molar-refractivity contribution in [1.29, 1.82) is 0 Å². The van der Waals surface area contributed by atoms with Crippen LogP contribution in [0, 0.1) is 27.7 Å². The predicted molar refractivity (Wildman–Crippen MR) is 155 cm³/mol. The molecule has 0 spiro atoms. The number of aliphatic carboxylic acids is 1.